The van der Waals surface area contributed by atoms with Gasteiger partial charge in [0.25, 0.3) is 5.69 Å². The number of ether oxygens (including phenoxy) is 2. The molecular weight excluding hydrogens is 272 g/mol. The molecule has 0 saturated heterocycles. The van der Waals surface area contributed by atoms with Crippen LogP contribution >= 0.6 is 0 Å². The summed E-state index contributed by atoms with van der Waals surface area (Å²) in [6, 6.07) is 11.9. The fourth-order valence-corrected chi connectivity index (χ4v) is 1.99. The summed E-state index contributed by atoms with van der Waals surface area (Å²) in [6.45, 7) is 0.526. The number of nitrogens with zero attached hydrogens (tertiary/aromatic N) is 1. The maximum Gasteiger partial charge on any atom is 0.269 e. The molecule has 0 saturated carbocycles. The highest BCUT2D eigenvalue weighted by atomic mass is 16.6. The van der Waals surface area contributed by atoms with Crippen LogP contribution in [-0.4, -0.2) is 19.1 Å². The molecule has 6 nitrogen and oxygen atoms in total. The first kappa shape index (κ1) is 14.6. The van der Waals surface area contributed by atoms with E-state index in [9.17, 15) is 10.1 Å². The Morgan fingerprint density at radius 2 is 1.81 bits per heavy atom. The lowest BCUT2D eigenvalue weighted by Crippen LogP contribution is -2.03. The van der Waals surface area contributed by atoms with Crippen molar-refractivity contribution in [3.63, 3.8) is 0 Å². The van der Waals surface area contributed by atoms with Crippen molar-refractivity contribution in [2.24, 2.45) is 0 Å². The summed E-state index contributed by atoms with van der Waals surface area (Å²) >= 11 is 0. The van der Waals surface area contributed by atoms with Crippen LogP contribution in [0.2, 0.25) is 0 Å². The van der Waals surface area contributed by atoms with Crippen molar-refractivity contribution in [2.45, 2.75) is 6.54 Å². The first-order valence-electron chi connectivity index (χ1n) is 6.34. The number of hydrogen-bond acceptors (Lipinski definition) is 5. The van der Waals surface area contributed by atoms with Crippen LogP contribution in [0.25, 0.3) is 0 Å². The van der Waals surface area contributed by atoms with Crippen molar-refractivity contribution in [1.82, 2.24) is 0 Å². The van der Waals surface area contributed by atoms with Gasteiger partial charge in [0, 0.05) is 29.9 Å². The average molecular weight is 288 g/mol. The molecule has 0 aliphatic rings. The molecule has 1 N–H and O–H groups in total. The summed E-state index contributed by atoms with van der Waals surface area (Å²) in [5.74, 6) is 1.34. The van der Waals surface area contributed by atoms with Crippen LogP contribution in [0.15, 0.2) is 42.5 Å². The lowest BCUT2D eigenvalue weighted by Gasteiger charge is -2.13. The molecule has 0 spiro atoms. The molecule has 2 rings (SSSR count). The number of nitrogens with one attached hydrogen (secondary N) is 1. The van der Waals surface area contributed by atoms with Crippen molar-refractivity contribution in [3.05, 3.63) is 58.1 Å². The third-order valence-electron chi connectivity index (χ3n) is 3.05. The van der Waals surface area contributed by atoms with E-state index in [0.717, 1.165) is 11.3 Å². The quantitative estimate of drug-likeness (QED) is 0.652. The third-order valence-corrected chi connectivity index (χ3v) is 3.05. The molecule has 110 valence electrons. The average Bonchev–Trinajstić information content (AvgIpc) is 2.52. The Bertz CT molecular complexity index is 626. The summed E-state index contributed by atoms with van der Waals surface area (Å²) in [4.78, 5) is 10.2. The molecule has 2 aromatic rings. The Morgan fingerprint density at radius 3 is 2.38 bits per heavy atom. The summed E-state index contributed by atoms with van der Waals surface area (Å²) in [5.41, 5.74) is 1.81. The van der Waals surface area contributed by atoms with Gasteiger partial charge >= 0.3 is 0 Å². The van der Waals surface area contributed by atoms with Gasteiger partial charge in [-0.1, -0.05) is 12.1 Å². The van der Waals surface area contributed by atoms with Gasteiger partial charge in [-0.2, -0.15) is 0 Å². The second-order valence-corrected chi connectivity index (χ2v) is 4.31. The molecule has 0 heterocycles. The van der Waals surface area contributed by atoms with Crippen LogP contribution in [0.3, 0.4) is 0 Å². The molecule has 0 aliphatic heterocycles. The van der Waals surface area contributed by atoms with Crippen molar-refractivity contribution < 1.29 is 14.4 Å². The summed E-state index contributed by atoms with van der Waals surface area (Å²) in [7, 11) is 3.18. The molecule has 0 amide bonds. The van der Waals surface area contributed by atoms with Crippen LogP contribution in [0.1, 0.15) is 5.56 Å². The summed E-state index contributed by atoms with van der Waals surface area (Å²) in [6.07, 6.45) is 0. The predicted molar refractivity (Wildman–Crippen MR) is 80.0 cm³/mol. The number of non-ortho nitro benzene ring substituents is 1. The number of benzene rings is 2. The number of nitro benzene ring substituents is 1. The Kier molecular flexibility index (Phi) is 4.61. The van der Waals surface area contributed by atoms with E-state index in [2.05, 4.69) is 5.32 Å². The topological polar surface area (TPSA) is 73.6 Å². The minimum Gasteiger partial charge on any atom is -0.493 e. The zero-order valence-corrected chi connectivity index (χ0v) is 11.8. The van der Waals surface area contributed by atoms with E-state index in [0.29, 0.717) is 18.0 Å². The van der Waals surface area contributed by atoms with Crippen LogP contribution in [0, 0.1) is 10.1 Å². The van der Waals surface area contributed by atoms with Crippen molar-refractivity contribution >= 4 is 11.4 Å². The molecule has 0 atom stereocenters. The van der Waals surface area contributed by atoms with Gasteiger partial charge in [0.1, 0.15) is 0 Å². The van der Waals surface area contributed by atoms with E-state index in [1.165, 1.54) is 12.1 Å². The van der Waals surface area contributed by atoms with E-state index in [1.807, 2.05) is 18.2 Å². The molecule has 0 unspecified atom stereocenters. The van der Waals surface area contributed by atoms with E-state index in [4.69, 9.17) is 9.47 Å². The highest BCUT2D eigenvalue weighted by Crippen LogP contribution is 2.31. The van der Waals surface area contributed by atoms with Gasteiger partial charge in [0.2, 0.25) is 0 Å². The smallest absolute Gasteiger partial charge is 0.269 e. The van der Waals surface area contributed by atoms with Gasteiger partial charge < -0.3 is 14.8 Å². The second-order valence-electron chi connectivity index (χ2n) is 4.31. The lowest BCUT2D eigenvalue weighted by atomic mass is 10.1. The first-order valence-corrected chi connectivity index (χ1v) is 6.34. The Hall–Kier alpha value is -2.76. The minimum absolute atomic E-state index is 0.0690. The number of nitro groups is 1. The Labute approximate surface area is 122 Å². The van der Waals surface area contributed by atoms with Gasteiger partial charge in [-0.05, 0) is 18.2 Å². The van der Waals surface area contributed by atoms with Gasteiger partial charge in [-0.15, -0.1) is 0 Å². The first-order chi connectivity index (χ1) is 10.2. The maximum absolute atomic E-state index is 10.6. The second kappa shape index (κ2) is 6.60. The number of para-hydroxylation sites is 1. The van der Waals surface area contributed by atoms with Gasteiger partial charge in [-0.3, -0.25) is 10.1 Å². The monoisotopic (exact) mass is 288 g/mol. The Balaban J connectivity index is 2.11. The standard InChI is InChI=1S/C15H16N2O4/c1-20-14-5-3-4-11(15(14)21-2)10-16-12-6-8-13(9-7-12)17(18)19/h3-9,16H,10H2,1-2H3. The zero-order valence-electron chi connectivity index (χ0n) is 11.8. The van der Waals surface area contributed by atoms with Crippen molar-refractivity contribution in [2.75, 3.05) is 19.5 Å². The fourth-order valence-electron chi connectivity index (χ4n) is 1.99. The predicted octanol–water partition coefficient (Wildman–Crippen LogP) is 3.22. The molecule has 0 fully saturated rings. The van der Waals surface area contributed by atoms with E-state index < -0.39 is 4.92 Å². The zero-order chi connectivity index (χ0) is 15.2. The molecule has 2 aromatic carbocycles. The van der Waals surface area contributed by atoms with E-state index in [-0.39, 0.29) is 5.69 Å². The van der Waals surface area contributed by atoms with Gasteiger partial charge in [-0.25, -0.2) is 0 Å². The molecule has 0 bridgehead atoms. The van der Waals surface area contributed by atoms with Crippen LogP contribution in [0.4, 0.5) is 11.4 Å². The highest BCUT2D eigenvalue weighted by molar-refractivity contribution is 5.51. The molecule has 6 heteroatoms. The van der Waals surface area contributed by atoms with Gasteiger partial charge in [0.05, 0.1) is 19.1 Å². The van der Waals surface area contributed by atoms with Gasteiger partial charge in [0.15, 0.2) is 11.5 Å². The minimum atomic E-state index is -0.422. The fraction of sp³-hybridized carbons (Fsp3) is 0.200. The van der Waals surface area contributed by atoms with Crippen LogP contribution < -0.4 is 14.8 Å². The number of hydrogen-bond donors (Lipinski definition) is 1. The number of rotatable bonds is 6. The lowest BCUT2D eigenvalue weighted by molar-refractivity contribution is -0.384. The molecule has 0 aromatic heterocycles. The van der Waals surface area contributed by atoms with E-state index in [1.54, 1.807) is 26.4 Å². The maximum atomic E-state index is 10.6. The normalized spacial score (nSPS) is 10.0. The highest BCUT2D eigenvalue weighted by Gasteiger charge is 2.09. The molecule has 0 aliphatic carbocycles. The van der Waals surface area contributed by atoms with Crippen LogP contribution in [0.5, 0.6) is 11.5 Å². The van der Waals surface area contributed by atoms with E-state index >= 15 is 0 Å². The molecule has 21 heavy (non-hydrogen) atoms. The largest absolute Gasteiger partial charge is 0.493 e. The summed E-state index contributed by atoms with van der Waals surface area (Å²) < 4.78 is 10.6. The molecular formula is C15H16N2O4. The molecule has 0 radical (unpaired) electrons. The van der Waals surface area contributed by atoms with Crippen LogP contribution in [-0.2, 0) is 6.54 Å². The number of methoxy groups -OCH3 is 2. The van der Waals surface area contributed by atoms with Crippen molar-refractivity contribution in [1.29, 1.82) is 0 Å². The SMILES string of the molecule is COc1cccc(CNc2ccc([N+](=O)[O-])cc2)c1OC. The third kappa shape index (κ3) is 3.42. The number of anilines is 1. The summed E-state index contributed by atoms with van der Waals surface area (Å²) in [5, 5.41) is 13.8. The van der Waals surface area contributed by atoms with Crippen molar-refractivity contribution in [3.8, 4) is 11.5 Å². The Morgan fingerprint density at radius 1 is 1.10 bits per heavy atom.